The lowest BCUT2D eigenvalue weighted by Gasteiger charge is -2.37. The molecule has 0 aliphatic heterocycles. The molecular weight excluding hydrogens is 258 g/mol. The van der Waals surface area contributed by atoms with E-state index in [0.717, 1.165) is 24.2 Å². The Hall–Kier alpha value is -1.77. The highest BCUT2D eigenvalue weighted by atomic mass is 16.6. The number of hydrogen-bond acceptors (Lipinski definition) is 4. The van der Waals surface area contributed by atoms with E-state index in [9.17, 15) is 9.59 Å². The fourth-order valence-electron chi connectivity index (χ4n) is 2.41. The van der Waals surface area contributed by atoms with Gasteiger partial charge in [-0.15, -0.1) is 0 Å². The van der Waals surface area contributed by atoms with Crippen LogP contribution in [0.1, 0.15) is 52.9 Å². The summed E-state index contributed by atoms with van der Waals surface area (Å²) in [6.45, 7) is 5.30. The van der Waals surface area contributed by atoms with Crippen molar-refractivity contribution in [2.24, 2.45) is 0 Å². The number of nitrogens with zero attached hydrogens (tertiary/aromatic N) is 2. The molecule has 1 aliphatic carbocycles. The SMILES string of the molecule is CN(C#N)C(=O)C1(NC(=O)OC(C)(C)C)CCCCC1. The van der Waals surface area contributed by atoms with Gasteiger partial charge in [-0.1, -0.05) is 19.3 Å². The summed E-state index contributed by atoms with van der Waals surface area (Å²) < 4.78 is 5.23. The molecule has 112 valence electrons. The molecule has 6 nitrogen and oxygen atoms in total. The smallest absolute Gasteiger partial charge is 0.408 e. The monoisotopic (exact) mass is 281 g/mol. The minimum atomic E-state index is -1.01. The highest BCUT2D eigenvalue weighted by Crippen LogP contribution is 2.30. The van der Waals surface area contributed by atoms with Crippen LogP contribution in [0.15, 0.2) is 0 Å². The van der Waals surface area contributed by atoms with Crippen LogP contribution in [0.2, 0.25) is 0 Å². The lowest BCUT2D eigenvalue weighted by atomic mass is 9.80. The van der Waals surface area contributed by atoms with Gasteiger partial charge in [-0.3, -0.25) is 9.69 Å². The maximum atomic E-state index is 12.4. The van der Waals surface area contributed by atoms with Crippen LogP contribution in [0.5, 0.6) is 0 Å². The maximum Gasteiger partial charge on any atom is 0.408 e. The van der Waals surface area contributed by atoms with Crippen LogP contribution < -0.4 is 5.32 Å². The molecule has 2 amide bonds. The van der Waals surface area contributed by atoms with Crippen LogP contribution in [0.4, 0.5) is 4.79 Å². The number of carbonyl (C=O) groups is 2. The zero-order valence-electron chi connectivity index (χ0n) is 12.7. The van der Waals surface area contributed by atoms with Gasteiger partial charge in [0.2, 0.25) is 0 Å². The van der Waals surface area contributed by atoms with E-state index in [-0.39, 0.29) is 5.91 Å². The van der Waals surface area contributed by atoms with E-state index in [1.165, 1.54) is 7.05 Å². The summed E-state index contributed by atoms with van der Waals surface area (Å²) in [7, 11) is 1.41. The number of nitrogens with one attached hydrogen (secondary N) is 1. The van der Waals surface area contributed by atoms with E-state index >= 15 is 0 Å². The molecule has 0 aromatic heterocycles. The Labute approximate surface area is 120 Å². The fourth-order valence-corrected chi connectivity index (χ4v) is 2.41. The Balaban J connectivity index is 2.87. The molecule has 6 heteroatoms. The molecule has 1 rings (SSSR count). The average Bonchev–Trinajstić information content (AvgIpc) is 2.35. The minimum absolute atomic E-state index is 0.370. The third kappa shape index (κ3) is 4.12. The van der Waals surface area contributed by atoms with Crippen molar-refractivity contribution in [3.8, 4) is 6.19 Å². The third-order valence-corrected chi connectivity index (χ3v) is 3.31. The summed E-state index contributed by atoms with van der Waals surface area (Å²) >= 11 is 0. The summed E-state index contributed by atoms with van der Waals surface area (Å²) in [5.41, 5.74) is -1.63. The summed E-state index contributed by atoms with van der Waals surface area (Å²) in [5.74, 6) is -0.370. The van der Waals surface area contributed by atoms with Gasteiger partial charge in [0.05, 0.1) is 0 Å². The van der Waals surface area contributed by atoms with Crippen molar-refractivity contribution in [1.82, 2.24) is 10.2 Å². The predicted octanol–water partition coefficient (Wildman–Crippen LogP) is 2.15. The Kier molecular flexibility index (Phi) is 4.98. The Morgan fingerprint density at radius 1 is 1.25 bits per heavy atom. The van der Waals surface area contributed by atoms with Crippen molar-refractivity contribution in [2.45, 2.75) is 64.0 Å². The van der Waals surface area contributed by atoms with Crippen molar-refractivity contribution in [1.29, 1.82) is 5.26 Å². The summed E-state index contributed by atoms with van der Waals surface area (Å²) in [6.07, 6.45) is 4.99. The Bertz CT molecular complexity index is 414. The van der Waals surface area contributed by atoms with E-state index in [1.54, 1.807) is 27.0 Å². The second-order valence-corrected chi connectivity index (χ2v) is 6.23. The molecule has 1 N–H and O–H groups in total. The molecule has 0 atom stereocenters. The van der Waals surface area contributed by atoms with E-state index in [0.29, 0.717) is 12.8 Å². The number of alkyl carbamates (subject to hydrolysis) is 1. The van der Waals surface area contributed by atoms with Crippen LogP contribution in [0.25, 0.3) is 0 Å². The largest absolute Gasteiger partial charge is 0.444 e. The minimum Gasteiger partial charge on any atom is -0.444 e. The number of hydrogen-bond donors (Lipinski definition) is 1. The lowest BCUT2D eigenvalue weighted by Crippen LogP contribution is -2.59. The zero-order chi connectivity index (χ0) is 15.4. The number of ether oxygens (including phenoxy) is 1. The molecular formula is C14H23N3O3. The van der Waals surface area contributed by atoms with Crippen molar-refractivity contribution < 1.29 is 14.3 Å². The first kappa shape index (κ1) is 16.3. The molecule has 0 aromatic carbocycles. The van der Waals surface area contributed by atoms with Crippen molar-refractivity contribution in [2.75, 3.05) is 7.05 Å². The van der Waals surface area contributed by atoms with Gasteiger partial charge < -0.3 is 10.1 Å². The number of carbonyl (C=O) groups excluding carboxylic acids is 2. The fraction of sp³-hybridized carbons (Fsp3) is 0.786. The van der Waals surface area contributed by atoms with Crippen molar-refractivity contribution in [3.63, 3.8) is 0 Å². The standard InChI is InChI=1S/C14H23N3O3/c1-13(2,3)20-12(19)16-14(8-6-5-7-9-14)11(18)17(4)10-15/h5-9H2,1-4H3,(H,16,19). The van der Waals surface area contributed by atoms with E-state index < -0.39 is 17.2 Å². The number of nitriles is 1. The molecule has 1 aliphatic rings. The van der Waals surface area contributed by atoms with Crippen LogP contribution in [0.3, 0.4) is 0 Å². The number of likely N-dealkylation sites (N-methyl/N-ethyl adjacent to an activating group) is 1. The topological polar surface area (TPSA) is 82.4 Å². The molecule has 1 fully saturated rings. The highest BCUT2D eigenvalue weighted by molar-refractivity contribution is 5.90. The van der Waals surface area contributed by atoms with E-state index in [2.05, 4.69) is 5.32 Å². The molecule has 0 aromatic rings. The molecule has 0 unspecified atom stereocenters. The van der Waals surface area contributed by atoms with Gasteiger partial charge in [-0.05, 0) is 33.6 Å². The van der Waals surface area contributed by atoms with Gasteiger partial charge >= 0.3 is 6.09 Å². The molecule has 0 spiro atoms. The summed E-state index contributed by atoms with van der Waals surface area (Å²) in [6, 6.07) is 0. The molecule has 20 heavy (non-hydrogen) atoms. The first-order chi connectivity index (χ1) is 9.20. The maximum absolute atomic E-state index is 12.4. The van der Waals surface area contributed by atoms with Gasteiger partial charge in [0.25, 0.3) is 5.91 Å². The van der Waals surface area contributed by atoms with Gasteiger partial charge in [-0.2, -0.15) is 5.26 Å². The van der Waals surface area contributed by atoms with Crippen LogP contribution in [0, 0.1) is 11.5 Å². The zero-order valence-corrected chi connectivity index (χ0v) is 12.7. The Morgan fingerprint density at radius 2 is 1.80 bits per heavy atom. The first-order valence-corrected chi connectivity index (χ1v) is 6.89. The molecule has 0 bridgehead atoms. The normalized spacial score (nSPS) is 17.8. The second-order valence-electron chi connectivity index (χ2n) is 6.23. The van der Waals surface area contributed by atoms with Crippen LogP contribution in [-0.2, 0) is 9.53 Å². The highest BCUT2D eigenvalue weighted by Gasteiger charge is 2.43. The first-order valence-electron chi connectivity index (χ1n) is 6.89. The van der Waals surface area contributed by atoms with Crippen LogP contribution in [-0.4, -0.2) is 35.1 Å². The average molecular weight is 281 g/mol. The van der Waals surface area contributed by atoms with Crippen LogP contribution >= 0.6 is 0 Å². The van der Waals surface area contributed by atoms with Crippen molar-refractivity contribution in [3.05, 3.63) is 0 Å². The second kappa shape index (κ2) is 6.12. The van der Waals surface area contributed by atoms with E-state index in [4.69, 9.17) is 10.00 Å². The number of amides is 2. The van der Waals surface area contributed by atoms with Gasteiger partial charge in [0.15, 0.2) is 6.19 Å². The van der Waals surface area contributed by atoms with E-state index in [1.807, 2.05) is 0 Å². The number of rotatable bonds is 2. The third-order valence-electron chi connectivity index (χ3n) is 3.31. The molecule has 0 heterocycles. The van der Waals surface area contributed by atoms with Gasteiger partial charge in [0.1, 0.15) is 11.1 Å². The summed E-state index contributed by atoms with van der Waals surface area (Å²) in [4.78, 5) is 25.3. The predicted molar refractivity (Wildman–Crippen MR) is 73.6 cm³/mol. The molecule has 0 saturated heterocycles. The Morgan fingerprint density at radius 3 is 2.25 bits per heavy atom. The van der Waals surface area contributed by atoms with Crippen molar-refractivity contribution >= 4 is 12.0 Å². The molecule has 0 radical (unpaired) electrons. The lowest BCUT2D eigenvalue weighted by molar-refractivity contribution is -0.135. The van der Waals surface area contributed by atoms with Gasteiger partial charge in [-0.25, -0.2) is 4.79 Å². The molecule has 1 saturated carbocycles. The van der Waals surface area contributed by atoms with Gasteiger partial charge in [0, 0.05) is 7.05 Å². The quantitative estimate of drug-likeness (QED) is 0.621. The summed E-state index contributed by atoms with van der Waals surface area (Å²) in [5, 5.41) is 11.6.